The fraction of sp³-hybridized carbons (Fsp3) is 0.583. The Morgan fingerprint density at radius 1 is 1.58 bits per heavy atom. The molecular weight excluding hydrogens is 268 g/mol. The molecular formula is C12H14N2O4S. The number of carboxylic acids is 1. The Bertz CT molecular complexity index is 510. The average Bonchev–Trinajstić information content (AvgIpc) is 3.18. The van der Waals surface area contributed by atoms with Crippen LogP contribution in [0.1, 0.15) is 19.8 Å². The number of nitrogens with zero attached hydrogens (tertiary/aromatic N) is 2. The molecule has 1 saturated heterocycles. The van der Waals surface area contributed by atoms with Crippen LogP contribution in [0.4, 0.5) is 0 Å². The fourth-order valence-corrected chi connectivity index (χ4v) is 3.30. The number of aliphatic carboxylic acids is 1. The van der Waals surface area contributed by atoms with Gasteiger partial charge in [0, 0.05) is 5.75 Å². The van der Waals surface area contributed by atoms with E-state index in [-0.39, 0.29) is 17.0 Å². The van der Waals surface area contributed by atoms with E-state index in [9.17, 15) is 9.59 Å². The first-order valence-electron chi connectivity index (χ1n) is 6.17. The maximum absolute atomic E-state index is 12.0. The molecule has 6 nitrogen and oxygen atoms in total. The summed E-state index contributed by atoms with van der Waals surface area (Å²) in [6.45, 7) is 2.29. The first-order chi connectivity index (χ1) is 9.09. The predicted octanol–water partition coefficient (Wildman–Crippen LogP) is 1.04. The third-order valence-electron chi connectivity index (χ3n) is 3.38. The Morgan fingerprint density at radius 3 is 2.95 bits per heavy atom. The highest BCUT2D eigenvalue weighted by Gasteiger charge is 2.51. The molecule has 102 valence electrons. The highest BCUT2D eigenvalue weighted by atomic mass is 32.2. The summed E-state index contributed by atoms with van der Waals surface area (Å²) in [5, 5.41) is 12.7. The number of thioether (sulfide) groups is 1. The van der Waals surface area contributed by atoms with Crippen molar-refractivity contribution in [1.29, 1.82) is 0 Å². The minimum Gasteiger partial charge on any atom is -0.477 e. The van der Waals surface area contributed by atoms with Gasteiger partial charge < -0.3 is 9.94 Å². The van der Waals surface area contributed by atoms with Crippen LogP contribution in [-0.4, -0.2) is 45.3 Å². The van der Waals surface area contributed by atoms with Crippen molar-refractivity contribution in [2.45, 2.75) is 25.1 Å². The third kappa shape index (κ3) is 2.11. The standard InChI is InChI=1S/C12H14N2O4S/c1-6-5-19-11-8(13-18-4-7-2-3-7)10(15)14(11)9(6)12(16)17/h7,11H,2-5H2,1H3,(H,16,17)/b13-8+/t11-/m1/s1. The monoisotopic (exact) mass is 282 g/mol. The number of carbonyl (C=O) groups excluding carboxylic acids is 1. The van der Waals surface area contributed by atoms with Crippen LogP contribution in [0.3, 0.4) is 0 Å². The molecule has 7 heteroatoms. The zero-order chi connectivity index (χ0) is 13.6. The van der Waals surface area contributed by atoms with E-state index >= 15 is 0 Å². The van der Waals surface area contributed by atoms with Crippen LogP contribution in [0.2, 0.25) is 0 Å². The lowest BCUT2D eigenvalue weighted by atomic mass is 10.1. The van der Waals surface area contributed by atoms with Gasteiger partial charge >= 0.3 is 5.97 Å². The summed E-state index contributed by atoms with van der Waals surface area (Å²) in [7, 11) is 0. The molecule has 1 aliphatic carbocycles. The van der Waals surface area contributed by atoms with Crippen LogP contribution in [0.15, 0.2) is 16.4 Å². The summed E-state index contributed by atoms with van der Waals surface area (Å²) >= 11 is 1.50. The highest BCUT2D eigenvalue weighted by molar-refractivity contribution is 8.01. The molecule has 0 aromatic rings. The van der Waals surface area contributed by atoms with E-state index < -0.39 is 5.97 Å². The molecule has 3 aliphatic rings. The summed E-state index contributed by atoms with van der Waals surface area (Å²) in [5.74, 6) is -0.247. The number of β-lactam (4-membered cyclic amide) rings is 1. The molecule has 1 atom stereocenters. The SMILES string of the molecule is CC1=C(C(=O)O)N2C(=O)/C(=N\OCC3CC3)[C@H]2SC1. The number of fused-ring (bicyclic) bond motifs is 1. The van der Waals surface area contributed by atoms with Crippen LogP contribution < -0.4 is 0 Å². The smallest absolute Gasteiger partial charge is 0.352 e. The van der Waals surface area contributed by atoms with Crippen molar-refractivity contribution in [3.8, 4) is 0 Å². The van der Waals surface area contributed by atoms with Gasteiger partial charge in [-0.05, 0) is 31.3 Å². The van der Waals surface area contributed by atoms with Crippen LogP contribution >= 0.6 is 11.8 Å². The lowest BCUT2D eigenvalue weighted by Crippen LogP contribution is -2.62. The van der Waals surface area contributed by atoms with Crippen molar-refractivity contribution in [3.05, 3.63) is 11.3 Å². The van der Waals surface area contributed by atoms with E-state index in [0.717, 1.165) is 12.8 Å². The van der Waals surface area contributed by atoms with Crippen LogP contribution in [-0.2, 0) is 14.4 Å². The van der Waals surface area contributed by atoms with Gasteiger partial charge in [-0.3, -0.25) is 9.69 Å². The maximum atomic E-state index is 12.0. The molecule has 1 saturated carbocycles. The van der Waals surface area contributed by atoms with Crippen molar-refractivity contribution in [1.82, 2.24) is 4.90 Å². The topological polar surface area (TPSA) is 79.2 Å². The minimum atomic E-state index is -1.06. The Balaban J connectivity index is 1.73. The Hall–Kier alpha value is -1.50. The second kappa shape index (κ2) is 4.56. The lowest BCUT2D eigenvalue weighted by Gasteiger charge is -2.43. The van der Waals surface area contributed by atoms with Gasteiger partial charge in [-0.2, -0.15) is 0 Å². The van der Waals surface area contributed by atoms with Gasteiger partial charge in [-0.15, -0.1) is 11.8 Å². The molecule has 0 aromatic heterocycles. The van der Waals surface area contributed by atoms with Crippen LogP contribution in [0.25, 0.3) is 0 Å². The fourth-order valence-electron chi connectivity index (χ4n) is 2.11. The Labute approximate surface area is 114 Å². The van der Waals surface area contributed by atoms with Crippen molar-refractivity contribution in [2.75, 3.05) is 12.4 Å². The molecule has 0 aromatic carbocycles. The second-order valence-electron chi connectivity index (χ2n) is 4.99. The van der Waals surface area contributed by atoms with E-state index in [1.807, 2.05) is 0 Å². The molecule has 3 rings (SSSR count). The molecule has 2 fully saturated rings. The van der Waals surface area contributed by atoms with Gasteiger partial charge in [0.15, 0.2) is 5.71 Å². The molecule has 2 aliphatic heterocycles. The average molecular weight is 282 g/mol. The third-order valence-corrected chi connectivity index (χ3v) is 4.73. The predicted molar refractivity (Wildman–Crippen MR) is 69.5 cm³/mol. The second-order valence-corrected chi connectivity index (χ2v) is 6.06. The van der Waals surface area contributed by atoms with Gasteiger partial charge in [0.1, 0.15) is 17.7 Å². The Morgan fingerprint density at radius 2 is 2.32 bits per heavy atom. The van der Waals surface area contributed by atoms with Gasteiger partial charge in [-0.25, -0.2) is 4.79 Å². The van der Waals surface area contributed by atoms with Gasteiger partial charge in [-0.1, -0.05) is 5.16 Å². The first-order valence-corrected chi connectivity index (χ1v) is 7.22. The van der Waals surface area contributed by atoms with Crippen LogP contribution in [0.5, 0.6) is 0 Å². The summed E-state index contributed by atoms with van der Waals surface area (Å²) in [6, 6.07) is 0. The molecule has 19 heavy (non-hydrogen) atoms. The minimum absolute atomic E-state index is 0.0925. The number of carboxylic acid groups (broad SMARTS) is 1. The Kier molecular flexibility index (Phi) is 3.00. The number of hydrogen-bond acceptors (Lipinski definition) is 5. The van der Waals surface area contributed by atoms with E-state index in [4.69, 9.17) is 9.94 Å². The van der Waals surface area contributed by atoms with Crippen molar-refractivity contribution in [3.63, 3.8) is 0 Å². The van der Waals surface area contributed by atoms with Gasteiger partial charge in [0.25, 0.3) is 5.91 Å². The summed E-state index contributed by atoms with van der Waals surface area (Å²) in [4.78, 5) is 29.6. The van der Waals surface area contributed by atoms with E-state index in [0.29, 0.717) is 29.6 Å². The number of oxime groups is 1. The van der Waals surface area contributed by atoms with Crippen molar-refractivity contribution < 1.29 is 19.5 Å². The number of rotatable bonds is 4. The molecule has 2 heterocycles. The molecule has 1 amide bonds. The van der Waals surface area contributed by atoms with E-state index in [2.05, 4.69) is 5.16 Å². The largest absolute Gasteiger partial charge is 0.477 e. The van der Waals surface area contributed by atoms with Gasteiger partial charge in [0.2, 0.25) is 0 Å². The number of hydrogen-bond donors (Lipinski definition) is 1. The summed E-state index contributed by atoms with van der Waals surface area (Å²) in [5.41, 5.74) is 1.13. The molecule has 0 radical (unpaired) electrons. The molecule has 0 spiro atoms. The molecule has 1 N–H and O–H groups in total. The quantitative estimate of drug-likeness (QED) is 0.615. The van der Waals surface area contributed by atoms with Gasteiger partial charge in [0.05, 0.1) is 0 Å². The zero-order valence-electron chi connectivity index (χ0n) is 10.5. The first kappa shape index (κ1) is 12.5. The summed E-state index contributed by atoms with van der Waals surface area (Å²) in [6.07, 6.45) is 2.32. The normalized spacial score (nSPS) is 28.3. The highest BCUT2D eigenvalue weighted by Crippen LogP contribution is 2.38. The summed E-state index contributed by atoms with van der Waals surface area (Å²) < 4.78 is 0. The number of amides is 1. The van der Waals surface area contributed by atoms with Crippen molar-refractivity contribution >= 4 is 29.4 Å². The molecule has 0 bridgehead atoms. The zero-order valence-corrected chi connectivity index (χ0v) is 11.3. The number of carbonyl (C=O) groups is 2. The maximum Gasteiger partial charge on any atom is 0.352 e. The van der Waals surface area contributed by atoms with E-state index in [1.165, 1.54) is 16.7 Å². The van der Waals surface area contributed by atoms with Crippen LogP contribution in [0, 0.1) is 5.92 Å². The lowest BCUT2D eigenvalue weighted by molar-refractivity contribution is -0.139. The van der Waals surface area contributed by atoms with Crippen molar-refractivity contribution in [2.24, 2.45) is 11.1 Å². The molecule has 0 unspecified atom stereocenters. The van der Waals surface area contributed by atoms with E-state index in [1.54, 1.807) is 6.92 Å².